The summed E-state index contributed by atoms with van der Waals surface area (Å²) in [7, 11) is -3.61. The zero-order valence-corrected chi connectivity index (χ0v) is 14.9. The zero-order valence-electron chi connectivity index (χ0n) is 14.1. The number of nitrogens with one attached hydrogen (secondary N) is 2. The average molecular weight is 362 g/mol. The molecule has 1 heterocycles. The van der Waals surface area contributed by atoms with Crippen molar-refractivity contribution >= 4 is 15.9 Å². The van der Waals surface area contributed by atoms with E-state index in [1.54, 1.807) is 0 Å². The van der Waals surface area contributed by atoms with E-state index in [1.807, 2.05) is 19.1 Å². The summed E-state index contributed by atoms with van der Waals surface area (Å²) in [5.74, 6) is 1.97. The summed E-state index contributed by atoms with van der Waals surface area (Å²) in [6.07, 6.45) is 2.82. The smallest absolute Gasteiger partial charge is 0.251 e. The minimum Gasteiger partial charge on any atom is -0.466 e. The molecule has 1 amide bonds. The lowest BCUT2D eigenvalue weighted by atomic mass is 10.2. The summed E-state index contributed by atoms with van der Waals surface area (Å²) in [6.45, 7) is 2.78. The van der Waals surface area contributed by atoms with Crippen LogP contribution in [0, 0.1) is 12.8 Å². The Morgan fingerprint density at radius 3 is 2.48 bits per heavy atom. The Bertz CT molecular complexity index is 836. The third-order valence-corrected chi connectivity index (χ3v) is 5.61. The first kappa shape index (κ1) is 17.7. The molecule has 2 N–H and O–H groups in total. The molecule has 0 saturated heterocycles. The Labute approximate surface area is 147 Å². The summed E-state index contributed by atoms with van der Waals surface area (Å²) in [6, 6.07) is 9.64. The number of rotatable bonds is 8. The molecule has 0 unspecified atom stereocenters. The first-order valence-electron chi connectivity index (χ1n) is 8.37. The first-order valence-corrected chi connectivity index (χ1v) is 9.85. The molecule has 1 aromatic carbocycles. The van der Waals surface area contributed by atoms with Gasteiger partial charge in [0.1, 0.15) is 11.5 Å². The van der Waals surface area contributed by atoms with E-state index in [1.165, 1.54) is 37.1 Å². The van der Waals surface area contributed by atoms with Crippen molar-refractivity contribution in [2.45, 2.75) is 31.1 Å². The number of amides is 1. The van der Waals surface area contributed by atoms with Gasteiger partial charge in [-0.05, 0) is 62.1 Å². The maximum Gasteiger partial charge on any atom is 0.251 e. The molecule has 1 saturated carbocycles. The van der Waals surface area contributed by atoms with E-state index in [9.17, 15) is 13.2 Å². The lowest BCUT2D eigenvalue weighted by molar-refractivity contribution is 0.0951. The summed E-state index contributed by atoms with van der Waals surface area (Å²) in [5.41, 5.74) is 0.464. The zero-order chi connectivity index (χ0) is 17.9. The maximum atomic E-state index is 12.3. The molecule has 3 rings (SSSR count). The number of carbonyl (C=O) groups is 1. The molecule has 134 valence electrons. The fourth-order valence-electron chi connectivity index (χ4n) is 2.46. The first-order chi connectivity index (χ1) is 11.9. The molecule has 1 fully saturated rings. The Kier molecular flexibility index (Phi) is 5.24. The van der Waals surface area contributed by atoms with Crippen LogP contribution in [0.15, 0.2) is 45.7 Å². The highest BCUT2D eigenvalue weighted by Gasteiger charge is 2.22. The second-order valence-corrected chi connectivity index (χ2v) is 8.10. The summed E-state index contributed by atoms with van der Waals surface area (Å²) in [4.78, 5) is 12.1. The number of aryl methyl sites for hydroxylation is 1. The molecule has 0 aliphatic heterocycles. The van der Waals surface area contributed by atoms with Gasteiger partial charge in [-0.25, -0.2) is 13.1 Å². The number of carbonyl (C=O) groups excluding carboxylic acids is 1. The van der Waals surface area contributed by atoms with Gasteiger partial charge in [0.2, 0.25) is 10.0 Å². The van der Waals surface area contributed by atoms with Crippen molar-refractivity contribution in [2.24, 2.45) is 5.92 Å². The summed E-state index contributed by atoms with van der Waals surface area (Å²) < 4.78 is 32.5. The lowest BCUT2D eigenvalue weighted by Gasteiger charge is -2.08. The van der Waals surface area contributed by atoms with Crippen LogP contribution in [0.1, 0.15) is 34.7 Å². The molecule has 7 heteroatoms. The fraction of sp³-hybridized carbons (Fsp3) is 0.389. The monoisotopic (exact) mass is 362 g/mol. The third kappa shape index (κ3) is 4.93. The standard InChI is InChI=1S/C18H22N2O4S/c1-13-2-7-16(24-13)10-11-20-25(22,23)17-8-5-15(6-9-17)18(21)19-12-14-3-4-14/h2,5-9,14,20H,3-4,10-12H2,1H3,(H,19,21). The molecule has 1 aliphatic carbocycles. The number of benzene rings is 1. The SMILES string of the molecule is Cc1ccc(CCNS(=O)(=O)c2ccc(C(=O)NCC3CC3)cc2)o1. The Morgan fingerprint density at radius 1 is 1.16 bits per heavy atom. The highest BCUT2D eigenvalue weighted by Crippen LogP contribution is 2.27. The number of furan rings is 1. The average Bonchev–Trinajstić information content (AvgIpc) is 3.34. The van der Waals surface area contributed by atoms with E-state index in [-0.39, 0.29) is 17.3 Å². The van der Waals surface area contributed by atoms with Gasteiger partial charge in [0.25, 0.3) is 5.91 Å². The fourth-order valence-corrected chi connectivity index (χ4v) is 3.49. The van der Waals surface area contributed by atoms with E-state index in [2.05, 4.69) is 10.0 Å². The Morgan fingerprint density at radius 2 is 1.88 bits per heavy atom. The van der Waals surface area contributed by atoms with Crippen LogP contribution in [0.3, 0.4) is 0 Å². The van der Waals surface area contributed by atoms with Gasteiger partial charge < -0.3 is 9.73 Å². The molecule has 0 bridgehead atoms. The van der Waals surface area contributed by atoms with E-state index >= 15 is 0 Å². The van der Waals surface area contributed by atoms with Crippen molar-refractivity contribution < 1.29 is 17.6 Å². The highest BCUT2D eigenvalue weighted by atomic mass is 32.2. The van der Waals surface area contributed by atoms with Gasteiger partial charge >= 0.3 is 0 Å². The van der Waals surface area contributed by atoms with Gasteiger partial charge in [-0.3, -0.25) is 4.79 Å². The third-order valence-electron chi connectivity index (χ3n) is 4.13. The molecule has 1 aliphatic rings. The second kappa shape index (κ2) is 7.41. The quantitative estimate of drug-likeness (QED) is 0.754. The van der Waals surface area contributed by atoms with Crippen LogP contribution in [-0.4, -0.2) is 27.4 Å². The second-order valence-electron chi connectivity index (χ2n) is 6.34. The van der Waals surface area contributed by atoms with Crippen LogP contribution in [0.2, 0.25) is 0 Å². The molecule has 2 aromatic rings. The summed E-state index contributed by atoms with van der Waals surface area (Å²) in [5, 5.41) is 2.86. The predicted octanol–water partition coefficient (Wildman–Crippen LogP) is 2.25. The molecule has 0 atom stereocenters. The minimum absolute atomic E-state index is 0.141. The van der Waals surface area contributed by atoms with Gasteiger partial charge in [-0.1, -0.05) is 0 Å². The highest BCUT2D eigenvalue weighted by molar-refractivity contribution is 7.89. The van der Waals surface area contributed by atoms with E-state index in [0.29, 0.717) is 24.4 Å². The molecule has 0 spiro atoms. The normalized spacial score (nSPS) is 14.4. The van der Waals surface area contributed by atoms with Gasteiger partial charge in [0, 0.05) is 25.1 Å². The van der Waals surface area contributed by atoms with Gasteiger partial charge in [0.05, 0.1) is 4.90 Å². The number of hydrogen-bond acceptors (Lipinski definition) is 4. The van der Waals surface area contributed by atoms with Crippen molar-refractivity contribution in [3.05, 3.63) is 53.5 Å². The molecule has 1 aromatic heterocycles. The van der Waals surface area contributed by atoms with Gasteiger partial charge in [-0.15, -0.1) is 0 Å². The van der Waals surface area contributed by atoms with Gasteiger partial charge in [-0.2, -0.15) is 0 Å². The lowest BCUT2D eigenvalue weighted by Crippen LogP contribution is -2.27. The van der Waals surface area contributed by atoms with Crippen LogP contribution >= 0.6 is 0 Å². The van der Waals surface area contributed by atoms with E-state index in [0.717, 1.165) is 11.5 Å². The van der Waals surface area contributed by atoms with Crippen molar-refractivity contribution in [1.82, 2.24) is 10.0 Å². The number of hydrogen-bond donors (Lipinski definition) is 2. The summed E-state index contributed by atoms with van der Waals surface area (Å²) >= 11 is 0. The van der Waals surface area contributed by atoms with E-state index in [4.69, 9.17) is 4.42 Å². The van der Waals surface area contributed by atoms with Crippen LogP contribution < -0.4 is 10.0 Å². The van der Waals surface area contributed by atoms with Crippen molar-refractivity contribution in [2.75, 3.05) is 13.1 Å². The molecule has 0 radical (unpaired) electrons. The number of sulfonamides is 1. The Balaban J connectivity index is 1.54. The van der Waals surface area contributed by atoms with Crippen molar-refractivity contribution in [3.8, 4) is 0 Å². The van der Waals surface area contributed by atoms with E-state index < -0.39 is 10.0 Å². The van der Waals surface area contributed by atoms with Crippen molar-refractivity contribution in [1.29, 1.82) is 0 Å². The van der Waals surface area contributed by atoms with Crippen molar-refractivity contribution in [3.63, 3.8) is 0 Å². The van der Waals surface area contributed by atoms with Gasteiger partial charge in [0.15, 0.2) is 0 Å². The molecule has 25 heavy (non-hydrogen) atoms. The van der Waals surface area contributed by atoms with Crippen LogP contribution in [0.25, 0.3) is 0 Å². The van der Waals surface area contributed by atoms with Crippen LogP contribution in [0.5, 0.6) is 0 Å². The van der Waals surface area contributed by atoms with Crippen LogP contribution in [0.4, 0.5) is 0 Å². The largest absolute Gasteiger partial charge is 0.466 e. The molecular formula is C18H22N2O4S. The Hall–Kier alpha value is -2.12. The maximum absolute atomic E-state index is 12.3. The predicted molar refractivity (Wildman–Crippen MR) is 93.8 cm³/mol. The topological polar surface area (TPSA) is 88.4 Å². The minimum atomic E-state index is -3.61. The molecule has 6 nitrogen and oxygen atoms in total. The molecular weight excluding hydrogens is 340 g/mol. The van der Waals surface area contributed by atoms with Crippen LogP contribution in [-0.2, 0) is 16.4 Å².